The molecule has 3 aromatic heterocycles. The second kappa shape index (κ2) is 7.00. The van der Waals surface area contributed by atoms with Crippen LogP contribution in [-0.2, 0) is 5.41 Å². The van der Waals surface area contributed by atoms with E-state index >= 15 is 0 Å². The SMILES string of the molecule is CN(C)c1cc(N2CCC(c3nnc4ccc(C(C)(C)C)nn34)CC2)ncn1. The Morgan fingerprint density at radius 1 is 1.04 bits per heavy atom. The molecular weight excluding hydrogens is 352 g/mol. The van der Waals surface area contributed by atoms with E-state index in [0.717, 1.165) is 54.7 Å². The number of nitrogens with zero attached hydrogens (tertiary/aromatic N) is 8. The Morgan fingerprint density at radius 2 is 1.79 bits per heavy atom. The third-order valence-electron chi connectivity index (χ3n) is 5.34. The van der Waals surface area contributed by atoms with Crippen LogP contribution in [0, 0.1) is 0 Å². The fourth-order valence-corrected chi connectivity index (χ4v) is 3.58. The molecule has 0 unspecified atom stereocenters. The van der Waals surface area contributed by atoms with Crippen molar-refractivity contribution in [1.82, 2.24) is 29.8 Å². The minimum absolute atomic E-state index is 0.00372. The summed E-state index contributed by atoms with van der Waals surface area (Å²) in [7, 11) is 3.99. The molecule has 4 rings (SSSR count). The Hall–Kier alpha value is -2.77. The molecule has 0 amide bonds. The summed E-state index contributed by atoms with van der Waals surface area (Å²) in [5.74, 6) is 3.23. The summed E-state index contributed by atoms with van der Waals surface area (Å²) in [4.78, 5) is 13.1. The van der Waals surface area contributed by atoms with Gasteiger partial charge in [-0.05, 0) is 25.0 Å². The first-order chi connectivity index (χ1) is 13.3. The Balaban J connectivity index is 1.53. The van der Waals surface area contributed by atoms with Crippen LogP contribution in [0.15, 0.2) is 24.5 Å². The van der Waals surface area contributed by atoms with E-state index < -0.39 is 0 Å². The van der Waals surface area contributed by atoms with Gasteiger partial charge >= 0.3 is 0 Å². The zero-order valence-electron chi connectivity index (χ0n) is 17.3. The van der Waals surface area contributed by atoms with Crippen molar-refractivity contribution in [2.75, 3.05) is 37.0 Å². The third-order valence-corrected chi connectivity index (χ3v) is 5.34. The van der Waals surface area contributed by atoms with Crippen LogP contribution in [0.3, 0.4) is 0 Å². The maximum Gasteiger partial charge on any atom is 0.177 e. The summed E-state index contributed by atoms with van der Waals surface area (Å²) in [6.07, 6.45) is 3.65. The summed E-state index contributed by atoms with van der Waals surface area (Å²) >= 11 is 0. The van der Waals surface area contributed by atoms with Crippen LogP contribution >= 0.6 is 0 Å². The monoisotopic (exact) mass is 380 g/mol. The molecule has 0 atom stereocenters. The van der Waals surface area contributed by atoms with Crippen LogP contribution in [0.5, 0.6) is 0 Å². The van der Waals surface area contributed by atoms with Gasteiger partial charge in [0.1, 0.15) is 18.0 Å². The molecule has 4 heterocycles. The van der Waals surface area contributed by atoms with Crippen LogP contribution < -0.4 is 9.80 Å². The minimum Gasteiger partial charge on any atom is -0.363 e. The average Bonchev–Trinajstić information content (AvgIpc) is 3.11. The van der Waals surface area contributed by atoms with E-state index in [0.29, 0.717) is 5.92 Å². The average molecular weight is 381 g/mol. The highest BCUT2D eigenvalue weighted by Gasteiger charge is 2.27. The van der Waals surface area contributed by atoms with Gasteiger partial charge in [-0.15, -0.1) is 10.2 Å². The van der Waals surface area contributed by atoms with Crippen molar-refractivity contribution < 1.29 is 0 Å². The molecule has 3 aromatic rings. The smallest absolute Gasteiger partial charge is 0.177 e. The first-order valence-electron chi connectivity index (χ1n) is 9.80. The molecule has 28 heavy (non-hydrogen) atoms. The highest BCUT2D eigenvalue weighted by molar-refractivity contribution is 5.49. The van der Waals surface area contributed by atoms with Gasteiger partial charge in [-0.2, -0.15) is 9.61 Å². The van der Waals surface area contributed by atoms with Gasteiger partial charge in [-0.25, -0.2) is 9.97 Å². The lowest BCUT2D eigenvalue weighted by molar-refractivity contribution is 0.470. The zero-order chi connectivity index (χ0) is 19.9. The van der Waals surface area contributed by atoms with Crippen molar-refractivity contribution in [1.29, 1.82) is 0 Å². The van der Waals surface area contributed by atoms with Gasteiger partial charge in [-0.1, -0.05) is 20.8 Å². The molecule has 1 fully saturated rings. The highest BCUT2D eigenvalue weighted by Crippen LogP contribution is 2.30. The maximum absolute atomic E-state index is 4.84. The Morgan fingerprint density at radius 3 is 2.46 bits per heavy atom. The molecule has 0 radical (unpaired) electrons. The summed E-state index contributed by atoms with van der Waals surface area (Å²) in [6.45, 7) is 8.39. The van der Waals surface area contributed by atoms with Crippen LogP contribution in [0.1, 0.15) is 51.0 Å². The third kappa shape index (κ3) is 3.50. The van der Waals surface area contributed by atoms with Crippen molar-refractivity contribution in [3.8, 4) is 0 Å². The number of anilines is 2. The quantitative estimate of drug-likeness (QED) is 0.691. The number of hydrogen-bond donors (Lipinski definition) is 0. The van der Waals surface area contributed by atoms with Crippen molar-refractivity contribution in [2.45, 2.75) is 44.9 Å². The lowest BCUT2D eigenvalue weighted by Crippen LogP contribution is -2.34. The topological polar surface area (TPSA) is 75.3 Å². The maximum atomic E-state index is 4.84. The van der Waals surface area contributed by atoms with E-state index in [1.165, 1.54) is 0 Å². The Labute approximate surface area is 165 Å². The van der Waals surface area contributed by atoms with E-state index in [9.17, 15) is 0 Å². The molecular formula is C20H28N8. The molecule has 8 nitrogen and oxygen atoms in total. The number of piperidine rings is 1. The number of aromatic nitrogens is 6. The van der Waals surface area contributed by atoms with Crippen molar-refractivity contribution in [3.63, 3.8) is 0 Å². The van der Waals surface area contributed by atoms with Crippen LogP contribution in [0.2, 0.25) is 0 Å². The molecule has 1 saturated heterocycles. The zero-order valence-corrected chi connectivity index (χ0v) is 17.3. The number of hydrogen-bond acceptors (Lipinski definition) is 7. The van der Waals surface area contributed by atoms with Crippen LogP contribution in [0.25, 0.3) is 5.65 Å². The van der Waals surface area contributed by atoms with E-state index in [4.69, 9.17) is 5.10 Å². The minimum atomic E-state index is -0.00372. The van der Waals surface area contributed by atoms with E-state index in [2.05, 4.69) is 45.8 Å². The van der Waals surface area contributed by atoms with E-state index in [1.807, 2.05) is 41.7 Å². The second-order valence-corrected chi connectivity index (χ2v) is 8.69. The molecule has 0 bridgehead atoms. The molecule has 1 aliphatic rings. The first kappa shape index (κ1) is 18.6. The van der Waals surface area contributed by atoms with Crippen LogP contribution in [0.4, 0.5) is 11.6 Å². The summed E-state index contributed by atoms with van der Waals surface area (Å²) in [5.41, 5.74) is 1.86. The molecule has 0 spiro atoms. The molecule has 0 aliphatic carbocycles. The standard InChI is InChI=1S/C20H28N8/c1-20(2,3)15-6-7-16-23-24-19(28(16)25-15)14-8-10-27(11-9-14)18-12-17(26(4)5)21-13-22-18/h6-7,12-14H,8-11H2,1-5H3. The Kier molecular flexibility index (Phi) is 4.64. The van der Waals surface area contributed by atoms with Crippen LogP contribution in [-0.4, -0.2) is 57.0 Å². The summed E-state index contributed by atoms with van der Waals surface area (Å²) in [5, 5.41) is 13.7. The fourth-order valence-electron chi connectivity index (χ4n) is 3.58. The number of rotatable bonds is 3. The lowest BCUT2D eigenvalue weighted by Gasteiger charge is -2.32. The predicted molar refractivity (Wildman–Crippen MR) is 110 cm³/mol. The van der Waals surface area contributed by atoms with E-state index in [1.54, 1.807) is 6.33 Å². The molecule has 0 aromatic carbocycles. The molecule has 8 heteroatoms. The first-order valence-corrected chi connectivity index (χ1v) is 9.80. The van der Waals surface area contributed by atoms with Gasteiger partial charge in [0.25, 0.3) is 0 Å². The Bertz CT molecular complexity index is 964. The molecule has 1 aliphatic heterocycles. The fraction of sp³-hybridized carbons (Fsp3) is 0.550. The summed E-state index contributed by atoms with van der Waals surface area (Å²) < 4.78 is 1.94. The second-order valence-electron chi connectivity index (χ2n) is 8.69. The molecule has 0 N–H and O–H groups in total. The van der Waals surface area contributed by atoms with Crippen molar-refractivity contribution in [2.24, 2.45) is 0 Å². The van der Waals surface area contributed by atoms with Gasteiger partial charge < -0.3 is 9.80 Å². The van der Waals surface area contributed by atoms with Gasteiger partial charge in [0.05, 0.1) is 5.69 Å². The summed E-state index contributed by atoms with van der Waals surface area (Å²) in [6, 6.07) is 6.11. The normalized spacial score (nSPS) is 16.0. The largest absolute Gasteiger partial charge is 0.363 e. The molecule has 148 valence electrons. The van der Waals surface area contributed by atoms with Crippen molar-refractivity contribution >= 4 is 17.3 Å². The molecule has 0 saturated carbocycles. The van der Waals surface area contributed by atoms with Gasteiger partial charge in [0, 0.05) is 44.6 Å². The van der Waals surface area contributed by atoms with E-state index in [-0.39, 0.29) is 5.41 Å². The number of fused-ring (bicyclic) bond motifs is 1. The van der Waals surface area contributed by atoms with Gasteiger partial charge in [0.2, 0.25) is 0 Å². The van der Waals surface area contributed by atoms with Gasteiger partial charge in [-0.3, -0.25) is 0 Å². The lowest BCUT2D eigenvalue weighted by atomic mass is 9.92. The van der Waals surface area contributed by atoms with Crippen molar-refractivity contribution in [3.05, 3.63) is 36.0 Å². The predicted octanol–water partition coefficient (Wildman–Crippen LogP) is 2.66. The van der Waals surface area contributed by atoms with Gasteiger partial charge in [0.15, 0.2) is 11.5 Å². The highest BCUT2D eigenvalue weighted by atomic mass is 15.4.